The van der Waals surface area contributed by atoms with Gasteiger partial charge in [-0.05, 0) is 23.6 Å². The first-order valence-electron chi connectivity index (χ1n) is 8.69. The van der Waals surface area contributed by atoms with Gasteiger partial charge >= 0.3 is 12.3 Å². The quantitative estimate of drug-likeness (QED) is 0.475. The van der Waals surface area contributed by atoms with Crippen molar-refractivity contribution in [3.8, 4) is 5.75 Å². The molecule has 0 spiro atoms. The highest BCUT2D eigenvalue weighted by Gasteiger charge is 2.33. The maximum Gasteiger partial charge on any atom is 0.573 e. The third kappa shape index (κ3) is 4.58. The minimum absolute atomic E-state index is 0.0186. The first-order valence-corrected chi connectivity index (χ1v) is 8.69. The number of nitrogens with zero attached hydrogens (tertiary/aromatic N) is 4. The smallest absolute Gasteiger partial charge is 0.467 e. The zero-order valence-corrected chi connectivity index (χ0v) is 16.1. The van der Waals surface area contributed by atoms with Crippen LogP contribution in [0, 0.1) is 5.82 Å². The van der Waals surface area contributed by atoms with Crippen LogP contribution in [0.15, 0.2) is 30.6 Å². The molecule has 1 unspecified atom stereocenters. The van der Waals surface area contributed by atoms with Gasteiger partial charge in [0.15, 0.2) is 17.6 Å². The Labute approximate surface area is 167 Å². The highest BCUT2D eigenvalue weighted by Crippen LogP contribution is 2.30. The van der Waals surface area contributed by atoms with Crippen molar-refractivity contribution < 1.29 is 31.8 Å². The maximum atomic E-state index is 14.2. The standard InChI is InChI=1S/C18H17F4N5O3/c1-9(2)12-7-14(27-17(25-12)23-8-24-27)26-15(16(28)29-3)10-4-5-13(11(19)6-10)30-18(20,21)22/h4-9,15,26H,1-3H3. The Kier molecular flexibility index (Phi) is 5.76. The average molecular weight is 427 g/mol. The lowest BCUT2D eigenvalue weighted by Gasteiger charge is -2.20. The summed E-state index contributed by atoms with van der Waals surface area (Å²) in [5, 5.41) is 6.91. The van der Waals surface area contributed by atoms with E-state index in [1.807, 2.05) is 13.8 Å². The van der Waals surface area contributed by atoms with Crippen LogP contribution in [0.2, 0.25) is 0 Å². The number of anilines is 1. The predicted octanol–water partition coefficient (Wildman–Crippen LogP) is 3.61. The largest absolute Gasteiger partial charge is 0.573 e. The zero-order valence-electron chi connectivity index (χ0n) is 16.1. The van der Waals surface area contributed by atoms with Gasteiger partial charge < -0.3 is 14.8 Å². The summed E-state index contributed by atoms with van der Waals surface area (Å²) in [6.07, 6.45) is -3.78. The van der Waals surface area contributed by atoms with Crippen LogP contribution in [0.5, 0.6) is 5.75 Å². The van der Waals surface area contributed by atoms with E-state index in [-0.39, 0.29) is 17.3 Å². The molecule has 160 valence electrons. The molecule has 0 aliphatic rings. The summed E-state index contributed by atoms with van der Waals surface area (Å²) in [5.41, 5.74) is 0.673. The number of nitrogens with one attached hydrogen (secondary N) is 1. The number of hydrogen-bond donors (Lipinski definition) is 1. The zero-order chi connectivity index (χ0) is 22.1. The van der Waals surface area contributed by atoms with E-state index in [1.165, 1.54) is 10.8 Å². The third-order valence-electron chi connectivity index (χ3n) is 4.11. The van der Waals surface area contributed by atoms with E-state index < -0.39 is 29.9 Å². The van der Waals surface area contributed by atoms with Crippen LogP contribution < -0.4 is 10.1 Å². The fraction of sp³-hybridized carbons (Fsp3) is 0.333. The van der Waals surface area contributed by atoms with Crippen LogP contribution >= 0.6 is 0 Å². The van der Waals surface area contributed by atoms with Crippen molar-refractivity contribution in [2.75, 3.05) is 12.4 Å². The number of carbonyl (C=O) groups excluding carboxylic acids is 1. The topological polar surface area (TPSA) is 90.6 Å². The molecule has 12 heteroatoms. The molecular weight excluding hydrogens is 410 g/mol. The molecule has 2 heterocycles. The third-order valence-corrected chi connectivity index (χ3v) is 4.11. The molecule has 2 aromatic heterocycles. The molecule has 8 nitrogen and oxygen atoms in total. The lowest BCUT2D eigenvalue weighted by Crippen LogP contribution is -2.24. The summed E-state index contributed by atoms with van der Waals surface area (Å²) in [5.74, 6) is -2.49. The van der Waals surface area contributed by atoms with Crippen molar-refractivity contribution >= 4 is 17.6 Å². The molecule has 1 aromatic carbocycles. The van der Waals surface area contributed by atoms with Crippen molar-refractivity contribution in [3.63, 3.8) is 0 Å². The fourth-order valence-electron chi connectivity index (χ4n) is 2.68. The summed E-state index contributed by atoms with van der Waals surface area (Å²) < 4.78 is 61.0. The van der Waals surface area contributed by atoms with Gasteiger partial charge in [-0.1, -0.05) is 19.9 Å². The SMILES string of the molecule is COC(=O)C(Nc1cc(C(C)C)nc2ncnn12)c1ccc(OC(F)(F)F)c(F)c1. The maximum absolute atomic E-state index is 14.2. The number of esters is 1. The van der Waals surface area contributed by atoms with E-state index in [0.29, 0.717) is 11.5 Å². The number of methoxy groups -OCH3 is 1. The second kappa shape index (κ2) is 8.13. The molecule has 0 saturated carbocycles. The number of rotatable bonds is 6. The van der Waals surface area contributed by atoms with Crippen LogP contribution in [0.25, 0.3) is 5.78 Å². The Morgan fingerprint density at radius 2 is 1.97 bits per heavy atom. The normalized spacial score (nSPS) is 12.8. The Morgan fingerprint density at radius 3 is 2.57 bits per heavy atom. The molecule has 0 saturated heterocycles. The number of carbonyl (C=O) groups is 1. The van der Waals surface area contributed by atoms with Crippen LogP contribution in [0.4, 0.5) is 23.4 Å². The summed E-state index contributed by atoms with van der Waals surface area (Å²) >= 11 is 0. The first-order chi connectivity index (χ1) is 14.1. The van der Waals surface area contributed by atoms with Gasteiger partial charge in [0, 0.05) is 6.07 Å². The second-order valence-electron chi connectivity index (χ2n) is 6.53. The van der Waals surface area contributed by atoms with Gasteiger partial charge in [0.25, 0.3) is 5.78 Å². The van der Waals surface area contributed by atoms with Gasteiger partial charge in [-0.3, -0.25) is 0 Å². The minimum atomic E-state index is -5.05. The summed E-state index contributed by atoms with van der Waals surface area (Å²) in [6.45, 7) is 3.82. The fourth-order valence-corrected chi connectivity index (χ4v) is 2.68. The lowest BCUT2D eigenvalue weighted by atomic mass is 10.1. The average Bonchev–Trinajstić information content (AvgIpc) is 3.14. The van der Waals surface area contributed by atoms with Crippen molar-refractivity contribution in [1.82, 2.24) is 19.6 Å². The molecule has 0 radical (unpaired) electrons. The molecule has 3 rings (SSSR count). The molecule has 0 aliphatic carbocycles. The summed E-state index contributed by atoms with van der Waals surface area (Å²) in [4.78, 5) is 20.7. The molecule has 0 bridgehead atoms. The van der Waals surface area contributed by atoms with E-state index in [4.69, 9.17) is 4.74 Å². The van der Waals surface area contributed by atoms with E-state index in [2.05, 4.69) is 25.1 Å². The van der Waals surface area contributed by atoms with Gasteiger partial charge in [0.2, 0.25) is 0 Å². The number of alkyl halides is 3. The van der Waals surface area contributed by atoms with Gasteiger partial charge in [0.05, 0.1) is 12.8 Å². The number of benzene rings is 1. The van der Waals surface area contributed by atoms with E-state index in [9.17, 15) is 22.4 Å². The van der Waals surface area contributed by atoms with Crippen molar-refractivity contribution in [3.05, 3.63) is 47.7 Å². The molecule has 30 heavy (non-hydrogen) atoms. The molecule has 1 N–H and O–H groups in total. The molecule has 0 fully saturated rings. The van der Waals surface area contributed by atoms with Gasteiger partial charge in [-0.2, -0.15) is 14.6 Å². The minimum Gasteiger partial charge on any atom is -0.467 e. The van der Waals surface area contributed by atoms with E-state index in [1.54, 1.807) is 6.07 Å². The Bertz CT molecular complexity index is 1070. The highest BCUT2D eigenvalue weighted by atomic mass is 19.4. The molecule has 1 atom stereocenters. The van der Waals surface area contributed by atoms with Gasteiger partial charge in [-0.25, -0.2) is 14.2 Å². The number of aromatic nitrogens is 4. The Morgan fingerprint density at radius 1 is 1.23 bits per heavy atom. The number of ether oxygens (including phenoxy) is 2. The number of hydrogen-bond acceptors (Lipinski definition) is 7. The number of fused-ring (bicyclic) bond motifs is 1. The summed E-state index contributed by atoms with van der Waals surface area (Å²) in [6, 6.07) is 3.06. The predicted molar refractivity (Wildman–Crippen MR) is 96.3 cm³/mol. The van der Waals surface area contributed by atoms with Gasteiger partial charge in [-0.15, -0.1) is 13.2 Å². The van der Waals surface area contributed by atoms with Crippen LogP contribution in [-0.2, 0) is 9.53 Å². The number of halogens is 4. The second-order valence-corrected chi connectivity index (χ2v) is 6.53. The Hall–Kier alpha value is -3.44. The molecule has 0 aliphatic heterocycles. The lowest BCUT2D eigenvalue weighted by molar-refractivity contribution is -0.275. The van der Waals surface area contributed by atoms with Crippen molar-refractivity contribution in [2.45, 2.75) is 32.2 Å². The van der Waals surface area contributed by atoms with Crippen molar-refractivity contribution in [1.29, 1.82) is 0 Å². The van der Waals surface area contributed by atoms with Crippen LogP contribution in [0.3, 0.4) is 0 Å². The van der Waals surface area contributed by atoms with Crippen LogP contribution in [-0.4, -0.2) is 39.0 Å². The molecule has 0 amide bonds. The highest BCUT2D eigenvalue weighted by molar-refractivity contribution is 5.81. The van der Waals surface area contributed by atoms with E-state index in [0.717, 1.165) is 25.3 Å². The van der Waals surface area contributed by atoms with E-state index >= 15 is 0 Å². The monoisotopic (exact) mass is 427 g/mol. The van der Waals surface area contributed by atoms with Gasteiger partial charge in [0.1, 0.15) is 12.1 Å². The first kappa shape index (κ1) is 21.3. The van der Waals surface area contributed by atoms with Crippen molar-refractivity contribution in [2.24, 2.45) is 0 Å². The molecular formula is C18H17F4N5O3. The summed E-state index contributed by atoms with van der Waals surface area (Å²) in [7, 11) is 1.13. The molecule has 3 aromatic rings. The van der Waals surface area contributed by atoms with Crippen LogP contribution in [0.1, 0.15) is 37.1 Å². The Balaban J connectivity index is 2.01.